The van der Waals surface area contributed by atoms with Crippen molar-refractivity contribution in [3.63, 3.8) is 0 Å². The molecule has 1 aromatic heterocycles. The highest BCUT2D eigenvalue weighted by molar-refractivity contribution is 7.80. The third-order valence-electron chi connectivity index (χ3n) is 6.95. The molecule has 6 aromatic rings. The predicted molar refractivity (Wildman–Crippen MR) is 179 cm³/mol. The number of hydrogen-bond donors (Lipinski definition) is 2. The van der Waals surface area contributed by atoms with Crippen LogP contribution in [0.25, 0.3) is 33.5 Å². The number of carbonyl (C=O) groups excluding carboxylic acids is 1. The van der Waals surface area contributed by atoms with E-state index in [4.69, 9.17) is 26.9 Å². The first kappa shape index (κ1) is 28.7. The van der Waals surface area contributed by atoms with Crippen molar-refractivity contribution < 1.29 is 14.6 Å². The van der Waals surface area contributed by atoms with E-state index < -0.39 is 0 Å². The third-order valence-corrected chi connectivity index (χ3v) is 7.25. The summed E-state index contributed by atoms with van der Waals surface area (Å²) in [6.45, 7) is 0.208. The first-order valence-corrected chi connectivity index (χ1v) is 14.5. The summed E-state index contributed by atoms with van der Waals surface area (Å²) < 4.78 is 5.87. The SMILES string of the molecule is O=C(Nc1ccc2nc(-c3ccccc3)c(-c3ccccc3)nc2c1)c1ccc(OC(=S)N(CCO)c2ccccc2)cc1. The fraction of sp³-hybridized carbons (Fsp3) is 0.0556. The maximum absolute atomic E-state index is 13.1. The summed E-state index contributed by atoms with van der Waals surface area (Å²) in [7, 11) is 0. The molecular formula is C36H28N4O3S. The Morgan fingerprint density at radius 3 is 1.89 bits per heavy atom. The number of aliphatic hydroxyl groups is 1. The highest BCUT2D eigenvalue weighted by Crippen LogP contribution is 2.31. The number of amides is 1. The summed E-state index contributed by atoms with van der Waals surface area (Å²) in [6, 6.07) is 41.6. The normalized spacial score (nSPS) is 10.8. The van der Waals surface area contributed by atoms with Gasteiger partial charge in [-0.15, -0.1) is 0 Å². The van der Waals surface area contributed by atoms with Gasteiger partial charge in [0.05, 0.1) is 35.6 Å². The molecule has 0 aliphatic carbocycles. The molecule has 0 radical (unpaired) electrons. The number of ether oxygens (including phenoxy) is 1. The van der Waals surface area contributed by atoms with Crippen molar-refractivity contribution in [3.8, 4) is 28.3 Å². The van der Waals surface area contributed by atoms with Crippen molar-refractivity contribution in [2.24, 2.45) is 0 Å². The fourth-order valence-corrected chi connectivity index (χ4v) is 5.09. The maximum Gasteiger partial charge on any atom is 0.269 e. The lowest BCUT2D eigenvalue weighted by Crippen LogP contribution is -2.35. The van der Waals surface area contributed by atoms with Gasteiger partial charge in [0, 0.05) is 28.1 Å². The average Bonchev–Trinajstić information content (AvgIpc) is 3.08. The fourth-order valence-electron chi connectivity index (χ4n) is 4.79. The quantitative estimate of drug-likeness (QED) is 0.177. The van der Waals surface area contributed by atoms with Crippen LogP contribution in [-0.4, -0.2) is 39.3 Å². The van der Waals surface area contributed by atoms with E-state index in [1.807, 2.05) is 109 Å². The van der Waals surface area contributed by atoms with Crippen LogP contribution in [-0.2, 0) is 0 Å². The molecule has 1 amide bonds. The number of thiocarbonyl (C=S) groups is 1. The number of fused-ring (bicyclic) bond motifs is 1. The van der Waals surface area contributed by atoms with Gasteiger partial charge < -0.3 is 20.1 Å². The van der Waals surface area contributed by atoms with Crippen LogP contribution in [0.4, 0.5) is 11.4 Å². The van der Waals surface area contributed by atoms with Crippen LogP contribution in [0.5, 0.6) is 5.75 Å². The molecule has 0 unspecified atom stereocenters. The minimum atomic E-state index is -0.276. The number of nitrogens with one attached hydrogen (secondary N) is 1. The Hall–Kier alpha value is -5.44. The second-order valence-electron chi connectivity index (χ2n) is 9.91. The molecule has 8 heteroatoms. The van der Waals surface area contributed by atoms with Crippen molar-refractivity contribution >= 4 is 45.7 Å². The summed E-state index contributed by atoms with van der Waals surface area (Å²) >= 11 is 5.49. The number of aliphatic hydroxyl groups excluding tert-OH is 1. The zero-order valence-corrected chi connectivity index (χ0v) is 24.4. The van der Waals surface area contributed by atoms with E-state index in [2.05, 4.69) is 5.32 Å². The Morgan fingerprint density at radius 1 is 0.727 bits per heavy atom. The van der Waals surface area contributed by atoms with Gasteiger partial charge in [-0.2, -0.15) is 0 Å². The summed E-state index contributed by atoms with van der Waals surface area (Å²) in [4.78, 5) is 24.8. The summed E-state index contributed by atoms with van der Waals surface area (Å²) in [5.74, 6) is 0.205. The Morgan fingerprint density at radius 2 is 1.30 bits per heavy atom. The van der Waals surface area contributed by atoms with Crippen LogP contribution < -0.4 is 15.0 Å². The highest BCUT2D eigenvalue weighted by atomic mass is 32.1. The molecule has 0 aliphatic rings. The molecular weight excluding hydrogens is 568 g/mol. The van der Waals surface area contributed by atoms with E-state index in [1.165, 1.54) is 0 Å². The minimum absolute atomic E-state index is 0.0837. The number of benzene rings is 5. The molecule has 216 valence electrons. The van der Waals surface area contributed by atoms with Crippen LogP contribution >= 0.6 is 12.2 Å². The topological polar surface area (TPSA) is 87.6 Å². The van der Waals surface area contributed by atoms with Crippen LogP contribution in [0.3, 0.4) is 0 Å². The van der Waals surface area contributed by atoms with E-state index in [0.717, 1.165) is 33.7 Å². The van der Waals surface area contributed by atoms with Gasteiger partial charge in [0.15, 0.2) is 0 Å². The molecule has 1 heterocycles. The van der Waals surface area contributed by atoms with Crippen molar-refractivity contribution in [1.29, 1.82) is 0 Å². The van der Waals surface area contributed by atoms with Crippen molar-refractivity contribution in [3.05, 3.63) is 139 Å². The molecule has 6 rings (SSSR count). The van der Waals surface area contributed by atoms with Crippen LogP contribution in [0.1, 0.15) is 10.4 Å². The lowest BCUT2D eigenvalue weighted by atomic mass is 10.0. The Bertz CT molecular complexity index is 1900. The zero-order valence-electron chi connectivity index (χ0n) is 23.6. The standard InChI is InChI=1S/C36H28N4O3S/c41-23-22-40(29-14-8-3-9-15-29)36(44)43-30-19-16-27(17-20-30)35(42)37-28-18-21-31-32(24-28)39-34(26-12-6-2-7-13-26)33(38-31)25-10-4-1-5-11-25/h1-21,24,41H,22-23H2,(H,37,42). The van der Waals surface area contributed by atoms with E-state index in [0.29, 0.717) is 29.1 Å². The molecule has 2 N–H and O–H groups in total. The Labute approximate surface area is 260 Å². The number of anilines is 2. The second kappa shape index (κ2) is 13.2. The molecule has 44 heavy (non-hydrogen) atoms. The van der Waals surface area contributed by atoms with Crippen LogP contribution in [0.15, 0.2) is 133 Å². The smallest absolute Gasteiger partial charge is 0.269 e. The molecule has 0 fully saturated rings. The van der Waals surface area contributed by atoms with Gasteiger partial charge in [-0.25, -0.2) is 9.97 Å². The number of nitrogens with zero attached hydrogens (tertiary/aromatic N) is 3. The number of rotatable bonds is 8. The van der Waals surface area contributed by atoms with E-state index >= 15 is 0 Å². The molecule has 7 nitrogen and oxygen atoms in total. The van der Waals surface area contributed by atoms with E-state index in [9.17, 15) is 9.90 Å². The molecule has 0 bridgehead atoms. The molecule has 0 spiro atoms. The Kier molecular flexibility index (Phi) is 8.63. The van der Waals surface area contributed by atoms with Gasteiger partial charge in [0.2, 0.25) is 0 Å². The van der Waals surface area contributed by atoms with Crippen LogP contribution in [0.2, 0.25) is 0 Å². The monoisotopic (exact) mass is 596 g/mol. The average molecular weight is 597 g/mol. The Balaban J connectivity index is 1.20. The van der Waals surface area contributed by atoms with E-state index in [1.54, 1.807) is 29.2 Å². The van der Waals surface area contributed by atoms with Gasteiger partial charge in [-0.05, 0) is 66.8 Å². The number of carbonyl (C=O) groups is 1. The zero-order chi connectivity index (χ0) is 30.3. The van der Waals surface area contributed by atoms with Gasteiger partial charge >= 0.3 is 0 Å². The molecule has 0 aliphatic heterocycles. The van der Waals surface area contributed by atoms with Crippen molar-refractivity contribution in [2.45, 2.75) is 0 Å². The minimum Gasteiger partial charge on any atom is -0.432 e. The predicted octanol–water partition coefficient (Wildman–Crippen LogP) is 7.38. The maximum atomic E-state index is 13.1. The highest BCUT2D eigenvalue weighted by Gasteiger charge is 2.16. The van der Waals surface area contributed by atoms with Gasteiger partial charge in [0.1, 0.15) is 5.75 Å². The summed E-state index contributed by atoms with van der Waals surface area (Å²) in [5, 5.41) is 12.7. The third kappa shape index (κ3) is 6.47. The molecule has 0 saturated carbocycles. The number of aromatic nitrogens is 2. The lowest BCUT2D eigenvalue weighted by molar-refractivity contribution is 0.102. The van der Waals surface area contributed by atoms with Crippen LogP contribution in [0, 0.1) is 0 Å². The number of para-hydroxylation sites is 1. The van der Waals surface area contributed by atoms with Gasteiger partial charge in [-0.1, -0.05) is 78.9 Å². The van der Waals surface area contributed by atoms with Gasteiger partial charge in [-0.3, -0.25) is 4.79 Å². The van der Waals surface area contributed by atoms with Gasteiger partial charge in [0.25, 0.3) is 11.1 Å². The molecule has 0 atom stereocenters. The molecule has 5 aromatic carbocycles. The lowest BCUT2D eigenvalue weighted by Gasteiger charge is -2.24. The van der Waals surface area contributed by atoms with Crippen molar-refractivity contribution in [1.82, 2.24) is 9.97 Å². The van der Waals surface area contributed by atoms with Crippen molar-refractivity contribution in [2.75, 3.05) is 23.4 Å². The first-order valence-electron chi connectivity index (χ1n) is 14.1. The number of hydrogen-bond acceptors (Lipinski definition) is 6. The largest absolute Gasteiger partial charge is 0.432 e. The second-order valence-corrected chi connectivity index (χ2v) is 10.3. The first-order chi connectivity index (χ1) is 21.6. The summed E-state index contributed by atoms with van der Waals surface area (Å²) in [6.07, 6.45) is 0. The molecule has 0 saturated heterocycles. The summed E-state index contributed by atoms with van der Waals surface area (Å²) in [5.41, 5.74) is 6.77. The van der Waals surface area contributed by atoms with E-state index in [-0.39, 0.29) is 17.7 Å².